The van der Waals surface area contributed by atoms with Gasteiger partial charge in [0.25, 0.3) is 0 Å². The highest BCUT2D eigenvalue weighted by molar-refractivity contribution is 5.95. The van der Waals surface area contributed by atoms with E-state index >= 15 is 0 Å². The molecule has 136 valence electrons. The lowest BCUT2D eigenvalue weighted by molar-refractivity contribution is -0.137. The fraction of sp³-hybridized carbons (Fsp3) is 0.429. The second kappa shape index (κ2) is 8.84. The van der Waals surface area contributed by atoms with Crippen LogP contribution < -0.4 is 16.4 Å². The Bertz CT molecular complexity index is 594. The van der Waals surface area contributed by atoms with Gasteiger partial charge in [-0.15, -0.1) is 12.4 Å². The molecule has 0 unspecified atom stereocenters. The van der Waals surface area contributed by atoms with E-state index in [4.69, 9.17) is 5.73 Å². The summed E-state index contributed by atoms with van der Waals surface area (Å²) in [5, 5.41) is 4.20. The molecule has 5 nitrogen and oxygen atoms in total. The lowest BCUT2D eigenvalue weighted by Gasteiger charge is -2.15. The second-order valence-corrected chi connectivity index (χ2v) is 5.23. The van der Waals surface area contributed by atoms with E-state index in [0.29, 0.717) is 18.2 Å². The number of benzene rings is 1. The van der Waals surface area contributed by atoms with E-state index in [1.165, 1.54) is 0 Å². The first kappa shape index (κ1) is 22.1. The van der Waals surface area contributed by atoms with Gasteiger partial charge in [0.1, 0.15) is 5.82 Å². The lowest BCUT2D eigenvalue weighted by Crippen LogP contribution is -2.46. The van der Waals surface area contributed by atoms with E-state index in [1.54, 1.807) is 13.8 Å². The Kier molecular flexibility index (Phi) is 8.15. The predicted molar refractivity (Wildman–Crippen MR) is 83.1 cm³/mol. The number of carbonyl (C=O) groups is 2. The molecule has 10 heteroatoms. The number of anilines is 1. The van der Waals surface area contributed by atoms with Gasteiger partial charge in [0, 0.05) is 0 Å². The first-order valence-corrected chi connectivity index (χ1v) is 6.72. The number of alkyl halides is 3. The minimum absolute atomic E-state index is 0. The van der Waals surface area contributed by atoms with E-state index in [0.717, 1.165) is 0 Å². The average Bonchev–Trinajstić information content (AvgIpc) is 2.44. The highest BCUT2D eigenvalue weighted by atomic mass is 35.5. The summed E-state index contributed by atoms with van der Waals surface area (Å²) in [6.45, 7) is 2.89. The van der Waals surface area contributed by atoms with Gasteiger partial charge in [-0.1, -0.05) is 13.8 Å². The molecule has 1 rings (SSSR count). The van der Waals surface area contributed by atoms with Crippen molar-refractivity contribution in [3.05, 3.63) is 29.6 Å². The number of nitrogens with two attached hydrogens (primary N) is 1. The van der Waals surface area contributed by atoms with Crippen molar-refractivity contribution in [3.63, 3.8) is 0 Å². The molecule has 1 atom stereocenters. The van der Waals surface area contributed by atoms with Gasteiger partial charge in [0.05, 0.1) is 23.8 Å². The lowest BCUT2D eigenvalue weighted by atomic mass is 10.1. The van der Waals surface area contributed by atoms with Gasteiger partial charge in [-0.25, -0.2) is 4.39 Å². The molecule has 0 heterocycles. The zero-order chi connectivity index (χ0) is 17.8. The van der Waals surface area contributed by atoms with Crippen molar-refractivity contribution in [3.8, 4) is 0 Å². The van der Waals surface area contributed by atoms with E-state index in [9.17, 15) is 27.2 Å². The monoisotopic (exact) mass is 371 g/mol. The zero-order valence-electron chi connectivity index (χ0n) is 12.9. The maximum absolute atomic E-state index is 13.5. The van der Waals surface area contributed by atoms with Crippen LogP contribution in [0.1, 0.15) is 19.4 Å². The van der Waals surface area contributed by atoms with Crippen LogP contribution >= 0.6 is 12.4 Å². The highest BCUT2D eigenvalue weighted by Crippen LogP contribution is 2.31. The molecule has 0 aliphatic rings. The first-order chi connectivity index (χ1) is 10.5. The maximum Gasteiger partial charge on any atom is 0.416 e. The number of carbonyl (C=O) groups excluding carboxylic acids is 2. The third-order valence-electron chi connectivity index (χ3n) is 3.01. The third-order valence-corrected chi connectivity index (χ3v) is 3.01. The highest BCUT2D eigenvalue weighted by Gasteiger charge is 2.31. The van der Waals surface area contributed by atoms with Gasteiger partial charge < -0.3 is 16.4 Å². The fourth-order valence-corrected chi connectivity index (χ4v) is 1.58. The Hall–Kier alpha value is -1.87. The van der Waals surface area contributed by atoms with Gasteiger partial charge >= 0.3 is 6.18 Å². The minimum atomic E-state index is -4.66. The standard InChI is InChI=1S/C14H17F4N3O2.ClH/c1-7(2)12(19)13(23)20-6-11(22)21-10-5-8(14(16,17)18)3-4-9(10)15;/h3-5,7,12H,6,19H2,1-2H3,(H,20,23)(H,21,22);1H/t12-;/m0./s1. The summed E-state index contributed by atoms with van der Waals surface area (Å²) in [4.78, 5) is 23.2. The molecule has 24 heavy (non-hydrogen) atoms. The van der Waals surface area contributed by atoms with Gasteiger partial charge in [0.15, 0.2) is 0 Å². The summed E-state index contributed by atoms with van der Waals surface area (Å²) in [6.07, 6.45) is -4.66. The molecule has 1 aromatic rings. The van der Waals surface area contributed by atoms with Gasteiger partial charge in [-0.2, -0.15) is 13.2 Å². The molecule has 1 aromatic carbocycles. The van der Waals surface area contributed by atoms with Crippen LogP contribution in [-0.2, 0) is 15.8 Å². The third kappa shape index (κ3) is 6.32. The largest absolute Gasteiger partial charge is 0.416 e. The number of hydrogen-bond donors (Lipinski definition) is 3. The van der Waals surface area contributed by atoms with Crippen molar-refractivity contribution >= 4 is 29.9 Å². The van der Waals surface area contributed by atoms with Crippen molar-refractivity contribution < 1.29 is 27.2 Å². The molecule has 2 amide bonds. The Morgan fingerprint density at radius 2 is 1.83 bits per heavy atom. The quantitative estimate of drug-likeness (QED) is 0.694. The molecule has 0 saturated heterocycles. The summed E-state index contributed by atoms with van der Waals surface area (Å²) in [5.41, 5.74) is 3.85. The molecule has 0 fully saturated rings. The van der Waals surface area contributed by atoms with Crippen molar-refractivity contribution in [2.24, 2.45) is 11.7 Å². The normalized spacial score (nSPS) is 12.3. The number of nitrogens with one attached hydrogen (secondary N) is 2. The molecule has 0 radical (unpaired) electrons. The Morgan fingerprint density at radius 1 is 1.25 bits per heavy atom. The first-order valence-electron chi connectivity index (χ1n) is 6.72. The summed E-state index contributed by atoms with van der Waals surface area (Å²) < 4.78 is 51.1. The average molecular weight is 372 g/mol. The van der Waals surface area contributed by atoms with Gasteiger partial charge in [-0.05, 0) is 24.1 Å². The van der Waals surface area contributed by atoms with Crippen LogP contribution in [-0.4, -0.2) is 24.4 Å². The fourth-order valence-electron chi connectivity index (χ4n) is 1.58. The summed E-state index contributed by atoms with van der Waals surface area (Å²) in [5.74, 6) is -2.62. The zero-order valence-corrected chi connectivity index (χ0v) is 13.7. The number of halogens is 5. The molecular formula is C14H18ClF4N3O2. The number of amides is 2. The van der Waals surface area contributed by atoms with Gasteiger partial charge in [-0.3, -0.25) is 9.59 Å². The van der Waals surface area contributed by atoms with E-state index in [2.05, 4.69) is 5.32 Å². The number of rotatable bonds is 5. The van der Waals surface area contributed by atoms with Crippen LogP contribution in [0, 0.1) is 11.7 Å². The van der Waals surface area contributed by atoms with Crippen molar-refractivity contribution in [2.45, 2.75) is 26.1 Å². The van der Waals surface area contributed by atoms with Crippen molar-refractivity contribution in [1.29, 1.82) is 0 Å². The minimum Gasteiger partial charge on any atom is -0.346 e. The van der Waals surface area contributed by atoms with Crippen molar-refractivity contribution in [2.75, 3.05) is 11.9 Å². The number of hydrogen-bond acceptors (Lipinski definition) is 3. The molecule has 0 bridgehead atoms. The van der Waals surface area contributed by atoms with Crippen LogP contribution in [0.25, 0.3) is 0 Å². The Labute approximate surface area is 142 Å². The molecule has 0 aromatic heterocycles. The van der Waals surface area contributed by atoms with Crippen LogP contribution in [0.3, 0.4) is 0 Å². The van der Waals surface area contributed by atoms with Crippen LogP contribution in [0.15, 0.2) is 18.2 Å². The SMILES string of the molecule is CC(C)[C@H](N)C(=O)NCC(=O)Nc1cc(C(F)(F)F)ccc1F.Cl. The maximum atomic E-state index is 13.5. The Balaban J connectivity index is 0.00000529. The molecule has 0 spiro atoms. The molecule has 0 aliphatic heterocycles. The van der Waals surface area contributed by atoms with E-state index in [-0.39, 0.29) is 18.3 Å². The summed E-state index contributed by atoms with van der Waals surface area (Å²) in [7, 11) is 0. The van der Waals surface area contributed by atoms with Crippen LogP contribution in [0.5, 0.6) is 0 Å². The van der Waals surface area contributed by atoms with Crippen LogP contribution in [0.4, 0.5) is 23.2 Å². The van der Waals surface area contributed by atoms with Crippen molar-refractivity contribution in [1.82, 2.24) is 5.32 Å². The van der Waals surface area contributed by atoms with Gasteiger partial charge in [0.2, 0.25) is 11.8 Å². The molecular weight excluding hydrogens is 354 g/mol. The van der Waals surface area contributed by atoms with E-state index < -0.39 is 47.6 Å². The Morgan fingerprint density at radius 3 is 2.33 bits per heavy atom. The molecule has 4 N–H and O–H groups in total. The molecule has 0 saturated carbocycles. The summed E-state index contributed by atoms with van der Waals surface area (Å²) in [6, 6.07) is 0.822. The second-order valence-electron chi connectivity index (χ2n) is 5.23. The molecule has 0 aliphatic carbocycles. The topological polar surface area (TPSA) is 84.2 Å². The van der Waals surface area contributed by atoms with E-state index in [1.807, 2.05) is 5.32 Å². The van der Waals surface area contributed by atoms with Crippen LogP contribution in [0.2, 0.25) is 0 Å². The smallest absolute Gasteiger partial charge is 0.346 e. The predicted octanol–water partition coefficient (Wildman–Crippen LogP) is 2.30. The summed E-state index contributed by atoms with van der Waals surface area (Å²) >= 11 is 0.